The van der Waals surface area contributed by atoms with Crippen LogP contribution in [0.3, 0.4) is 0 Å². The van der Waals surface area contributed by atoms with Gasteiger partial charge in [0, 0.05) is 16.7 Å². The van der Waals surface area contributed by atoms with Gasteiger partial charge in [0.15, 0.2) is 18.1 Å². The van der Waals surface area contributed by atoms with E-state index in [1.807, 2.05) is 0 Å². The Kier molecular flexibility index (Phi) is 8.90. The van der Waals surface area contributed by atoms with Crippen LogP contribution in [0.5, 0.6) is 28.7 Å². The minimum absolute atomic E-state index is 0.0835. The average Bonchev–Trinajstić information content (AvgIpc) is 2.99. The molecule has 1 unspecified atom stereocenters. The summed E-state index contributed by atoms with van der Waals surface area (Å²) in [6, 6.07) is 22.8. The van der Waals surface area contributed by atoms with Crippen LogP contribution in [0, 0.1) is 17.1 Å². The Hall–Kier alpha value is -4.91. The van der Waals surface area contributed by atoms with Gasteiger partial charge in [0.1, 0.15) is 41.3 Å². The third-order valence-electron chi connectivity index (χ3n) is 6.49. The summed E-state index contributed by atoms with van der Waals surface area (Å²) in [5, 5.41) is 10.6. The first-order valence-electron chi connectivity index (χ1n) is 12.8. The van der Waals surface area contributed by atoms with Crippen LogP contribution in [-0.4, -0.2) is 19.7 Å². The molecule has 218 valence electrons. The topological polar surface area (TPSA) is 113 Å². The van der Waals surface area contributed by atoms with E-state index in [0.717, 1.165) is 5.56 Å². The van der Waals surface area contributed by atoms with E-state index in [9.17, 15) is 14.4 Å². The third-order valence-corrected chi connectivity index (χ3v) is 7.02. The molecule has 8 nitrogen and oxygen atoms in total. The number of ether oxygens (including phenoxy) is 5. The van der Waals surface area contributed by atoms with E-state index in [-0.39, 0.29) is 40.4 Å². The molecule has 1 aliphatic heterocycles. The van der Waals surface area contributed by atoms with Gasteiger partial charge >= 0.3 is 5.97 Å². The standard InChI is InChI=1S/C32H23Cl2FN2O6/c1-39-29-12-19(4-10-27(29)40-16-18-2-6-21(35)7-3-18)31-23-9-8-22(14-28(23)43-32(37)24(31)15-36)42-30(38)17-41-26-11-5-20(33)13-25(26)34/h2-14,31H,16-17,37H2,1H3. The summed E-state index contributed by atoms with van der Waals surface area (Å²) < 4.78 is 41.3. The summed E-state index contributed by atoms with van der Waals surface area (Å²) in [6.45, 7) is -0.205. The lowest BCUT2D eigenvalue weighted by Gasteiger charge is -2.27. The number of fused-ring (bicyclic) bond motifs is 1. The number of carbonyl (C=O) groups is 1. The van der Waals surface area contributed by atoms with Gasteiger partial charge in [-0.15, -0.1) is 0 Å². The van der Waals surface area contributed by atoms with Gasteiger partial charge in [0.25, 0.3) is 0 Å². The van der Waals surface area contributed by atoms with Crippen molar-refractivity contribution in [2.75, 3.05) is 13.7 Å². The van der Waals surface area contributed by atoms with Crippen LogP contribution < -0.4 is 29.4 Å². The van der Waals surface area contributed by atoms with Crippen LogP contribution >= 0.6 is 23.2 Å². The van der Waals surface area contributed by atoms with Crippen molar-refractivity contribution < 1.29 is 32.9 Å². The third kappa shape index (κ3) is 6.78. The van der Waals surface area contributed by atoms with Crippen LogP contribution in [-0.2, 0) is 11.4 Å². The maximum atomic E-state index is 13.2. The number of nitrogens with zero attached hydrogens (tertiary/aromatic N) is 1. The molecule has 0 radical (unpaired) electrons. The molecule has 43 heavy (non-hydrogen) atoms. The first-order chi connectivity index (χ1) is 20.7. The normalized spacial score (nSPS) is 13.8. The van der Waals surface area contributed by atoms with Crippen molar-refractivity contribution in [1.29, 1.82) is 5.26 Å². The van der Waals surface area contributed by atoms with Gasteiger partial charge < -0.3 is 29.4 Å². The maximum absolute atomic E-state index is 13.2. The van der Waals surface area contributed by atoms with Crippen molar-refractivity contribution in [1.82, 2.24) is 0 Å². The molecule has 1 atom stereocenters. The predicted molar refractivity (Wildman–Crippen MR) is 157 cm³/mol. The van der Waals surface area contributed by atoms with E-state index in [1.165, 1.54) is 31.4 Å². The molecule has 0 bridgehead atoms. The van der Waals surface area contributed by atoms with Crippen LogP contribution in [0.2, 0.25) is 10.0 Å². The van der Waals surface area contributed by atoms with Crippen molar-refractivity contribution in [2.24, 2.45) is 5.73 Å². The van der Waals surface area contributed by atoms with Gasteiger partial charge in [0.05, 0.1) is 18.1 Å². The number of benzene rings is 4. The largest absolute Gasteiger partial charge is 0.493 e. The van der Waals surface area contributed by atoms with Crippen molar-refractivity contribution in [3.8, 4) is 34.8 Å². The number of methoxy groups -OCH3 is 1. The fourth-order valence-electron chi connectivity index (χ4n) is 4.46. The van der Waals surface area contributed by atoms with Crippen LogP contribution in [0.15, 0.2) is 90.3 Å². The number of carbonyl (C=O) groups excluding carboxylic acids is 1. The Morgan fingerprint density at radius 1 is 0.977 bits per heavy atom. The molecule has 0 spiro atoms. The number of nitriles is 1. The Bertz CT molecular complexity index is 1750. The monoisotopic (exact) mass is 620 g/mol. The zero-order valence-corrected chi connectivity index (χ0v) is 24.1. The number of halogens is 3. The molecule has 1 heterocycles. The number of rotatable bonds is 9. The fraction of sp³-hybridized carbons (Fsp3) is 0.125. The van der Waals surface area contributed by atoms with Crippen LogP contribution in [0.25, 0.3) is 0 Å². The number of allylic oxidation sites excluding steroid dienone is 1. The molecule has 5 rings (SSSR count). The Balaban J connectivity index is 1.35. The summed E-state index contributed by atoms with van der Waals surface area (Å²) in [4.78, 5) is 12.5. The van der Waals surface area contributed by atoms with Gasteiger partial charge in [-0.25, -0.2) is 9.18 Å². The summed E-state index contributed by atoms with van der Waals surface area (Å²) in [5.41, 5.74) is 8.44. The second kappa shape index (κ2) is 12.9. The van der Waals surface area contributed by atoms with Crippen molar-refractivity contribution in [3.63, 3.8) is 0 Å². The number of hydrogen-bond acceptors (Lipinski definition) is 8. The first kappa shape index (κ1) is 29.6. The molecule has 0 aromatic heterocycles. The molecular weight excluding hydrogens is 598 g/mol. The molecule has 0 fully saturated rings. The second-order valence-electron chi connectivity index (χ2n) is 9.29. The van der Waals surface area contributed by atoms with Gasteiger partial charge in [-0.1, -0.05) is 47.5 Å². The predicted octanol–water partition coefficient (Wildman–Crippen LogP) is 6.92. The fourth-order valence-corrected chi connectivity index (χ4v) is 4.92. The molecule has 0 saturated heterocycles. The van der Waals surface area contributed by atoms with Gasteiger partial charge in [-0.05, 0) is 59.7 Å². The summed E-state index contributed by atoms with van der Waals surface area (Å²) >= 11 is 12.0. The van der Waals surface area contributed by atoms with E-state index in [0.29, 0.717) is 33.4 Å². The molecule has 0 aliphatic carbocycles. The lowest BCUT2D eigenvalue weighted by atomic mass is 9.83. The average molecular weight is 621 g/mol. The molecule has 4 aromatic rings. The number of nitrogens with two attached hydrogens (primary N) is 1. The highest BCUT2D eigenvalue weighted by atomic mass is 35.5. The first-order valence-corrected chi connectivity index (χ1v) is 13.6. The smallest absolute Gasteiger partial charge is 0.349 e. The molecule has 0 amide bonds. The van der Waals surface area contributed by atoms with E-state index in [1.54, 1.807) is 54.6 Å². The summed E-state index contributed by atoms with van der Waals surface area (Å²) in [6.07, 6.45) is 0. The van der Waals surface area contributed by atoms with Crippen molar-refractivity contribution >= 4 is 29.2 Å². The molecule has 0 saturated carbocycles. The van der Waals surface area contributed by atoms with E-state index >= 15 is 0 Å². The van der Waals surface area contributed by atoms with Crippen molar-refractivity contribution in [3.05, 3.63) is 123 Å². The Morgan fingerprint density at radius 3 is 2.47 bits per heavy atom. The molecule has 11 heteroatoms. The molecule has 1 aliphatic rings. The number of esters is 1. The van der Waals surface area contributed by atoms with E-state index in [2.05, 4.69) is 6.07 Å². The highest BCUT2D eigenvalue weighted by Gasteiger charge is 2.32. The quantitative estimate of drug-likeness (QED) is 0.158. The van der Waals surface area contributed by atoms with Crippen molar-refractivity contribution in [2.45, 2.75) is 12.5 Å². The Labute approximate surface area is 256 Å². The zero-order chi connectivity index (χ0) is 30.5. The van der Waals surface area contributed by atoms with E-state index < -0.39 is 18.5 Å². The molecule has 4 aromatic carbocycles. The number of hydrogen-bond donors (Lipinski definition) is 1. The van der Waals surface area contributed by atoms with Gasteiger partial charge in [0.2, 0.25) is 5.88 Å². The highest BCUT2D eigenvalue weighted by molar-refractivity contribution is 6.35. The SMILES string of the molecule is COc1cc(C2C(C#N)=C(N)Oc3cc(OC(=O)COc4ccc(Cl)cc4Cl)ccc32)ccc1OCc1ccc(F)cc1. The molecular formula is C32H23Cl2FN2O6. The Morgan fingerprint density at radius 2 is 1.74 bits per heavy atom. The maximum Gasteiger partial charge on any atom is 0.349 e. The lowest BCUT2D eigenvalue weighted by molar-refractivity contribution is -0.136. The summed E-state index contributed by atoms with van der Waals surface area (Å²) in [7, 11) is 1.50. The van der Waals surface area contributed by atoms with Crippen LogP contribution in [0.4, 0.5) is 4.39 Å². The minimum atomic E-state index is -0.680. The lowest BCUT2D eigenvalue weighted by Crippen LogP contribution is -2.22. The minimum Gasteiger partial charge on any atom is -0.493 e. The second-order valence-corrected chi connectivity index (χ2v) is 10.1. The van der Waals surface area contributed by atoms with Gasteiger partial charge in [-0.2, -0.15) is 5.26 Å². The molecule has 2 N–H and O–H groups in total. The van der Waals surface area contributed by atoms with Gasteiger partial charge in [-0.3, -0.25) is 0 Å². The summed E-state index contributed by atoms with van der Waals surface area (Å²) in [5.74, 6) is -0.0368. The highest BCUT2D eigenvalue weighted by Crippen LogP contribution is 2.45. The zero-order valence-electron chi connectivity index (χ0n) is 22.6. The van der Waals surface area contributed by atoms with E-state index in [4.69, 9.17) is 52.6 Å². The van der Waals surface area contributed by atoms with Crippen LogP contribution in [0.1, 0.15) is 22.6 Å².